The van der Waals surface area contributed by atoms with Crippen molar-refractivity contribution in [2.75, 3.05) is 17.6 Å². The molecule has 0 amide bonds. The molecule has 0 fully saturated rings. The first kappa shape index (κ1) is 15.1. The van der Waals surface area contributed by atoms with Crippen LogP contribution in [-0.2, 0) is 10.0 Å². The number of aryl methyl sites for hydroxylation is 1. The van der Waals surface area contributed by atoms with Gasteiger partial charge in [-0.3, -0.25) is 4.72 Å². The maximum atomic E-state index is 13.4. The summed E-state index contributed by atoms with van der Waals surface area (Å²) in [6.07, 6.45) is 0. The van der Waals surface area contributed by atoms with Crippen LogP contribution in [-0.4, -0.2) is 15.5 Å². The predicted molar refractivity (Wildman–Crippen MR) is 79.4 cm³/mol. The Labute approximate surface area is 122 Å². The zero-order valence-corrected chi connectivity index (χ0v) is 12.4. The smallest absolute Gasteiger partial charge is 0.262 e. The highest BCUT2D eigenvalue weighted by Gasteiger charge is 2.18. The van der Waals surface area contributed by atoms with Crippen molar-refractivity contribution in [1.82, 2.24) is 0 Å². The lowest BCUT2D eigenvalue weighted by Crippen LogP contribution is -2.14. The van der Waals surface area contributed by atoms with E-state index in [9.17, 15) is 12.8 Å². The number of anilines is 2. The summed E-state index contributed by atoms with van der Waals surface area (Å²) >= 11 is 0. The van der Waals surface area contributed by atoms with E-state index >= 15 is 0 Å². The normalized spacial score (nSPS) is 11.2. The molecule has 0 radical (unpaired) electrons. The van der Waals surface area contributed by atoms with Gasteiger partial charge in [-0.05, 0) is 42.8 Å². The number of hydrogen-bond donors (Lipinski definition) is 2. The van der Waals surface area contributed by atoms with E-state index in [4.69, 9.17) is 10.5 Å². The van der Waals surface area contributed by atoms with Gasteiger partial charge in [0, 0.05) is 0 Å². The van der Waals surface area contributed by atoms with Gasteiger partial charge < -0.3 is 10.5 Å². The van der Waals surface area contributed by atoms with Crippen LogP contribution >= 0.6 is 0 Å². The monoisotopic (exact) mass is 310 g/mol. The Hall–Kier alpha value is -2.28. The van der Waals surface area contributed by atoms with Crippen LogP contribution in [0.2, 0.25) is 0 Å². The molecule has 0 atom stereocenters. The number of halogens is 1. The third kappa shape index (κ3) is 3.25. The fourth-order valence-corrected chi connectivity index (χ4v) is 2.84. The average molecular weight is 310 g/mol. The van der Waals surface area contributed by atoms with Crippen LogP contribution in [0.3, 0.4) is 0 Å². The van der Waals surface area contributed by atoms with Crippen molar-refractivity contribution >= 4 is 21.4 Å². The van der Waals surface area contributed by atoms with Crippen molar-refractivity contribution in [2.45, 2.75) is 11.8 Å². The molecule has 0 aliphatic heterocycles. The van der Waals surface area contributed by atoms with Crippen LogP contribution < -0.4 is 15.2 Å². The third-order valence-corrected chi connectivity index (χ3v) is 4.25. The van der Waals surface area contributed by atoms with Gasteiger partial charge in [-0.25, -0.2) is 12.8 Å². The summed E-state index contributed by atoms with van der Waals surface area (Å²) in [6, 6.07) is 8.33. The Morgan fingerprint density at radius 1 is 1.19 bits per heavy atom. The second-order valence-corrected chi connectivity index (χ2v) is 6.17. The van der Waals surface area contributed by atoms with Gasteiger partial charge >= 0.3 is 0 Å². The molecule has 5 nitrogen and oxygen atoms in total. The zero-order valence-electron chi connectivity index (χ0n) is 11.6. The predicted octanol–water partition coefficient (Wildman–Crippen LogP) is 2.53. The summed E-state index contributed by atoms with van der Waals surface area (Å²) in [7, 11) is -2.48. The van der Waals surface area contributed by atoms with Gasteiger partial charge in [-0.15, -0.1) is 0 Å². The van der Waals surface area contributed by atoms with Crippen molar-refractivity contribution in [2.24, 2.45) is 0 Å². The number of nitrogens with two attached hydrogens (primary N) is 1. The summed E-state index contributed by atoms with van der Waals surface area (Å²) in [4.78, 5) is -0.211. The Morgan fingerprint density at radius 3 is 2.52 bits per heavy atom. The average Bonchev–Trinajstić information content (AvgIpc) is 2.43. The molecule has 0 bridgehead atoms. The first-order chi connectivity index (χ1) is 9.83. The molecular weight excluding hydrogens is 295 g/mol. The van der Waals surface area contributed by atoms with E-state index in [1.54, 1.807) is 18.2 Å². The summed E-state index contributed by atoms with van der Waals surface area (Å²) in [5.41, 5.74) is 6.43. The molecule has 0 spiro atoms. The molecule has 3 N–H and O–H groups in total. The zero-order chi connectivity index (χ0) is 15.6. The van der Waals surface area contributed by atoms with Crippen LogP contribution in [0.15, 0.2) is 41.3 Å². The van der Waals surface area contributed by atoms with Crippen molar-refractivity contribution in [3.05, 3.63) is 47.8 Å². The van der Waals surface area contributed by atoms with E-state index in [1.807, 2.05) is 6.92 Å². The molecule has 0 saturated carbocycles. The number of ether oxygens (including phenoxy) is 1. The Kier molecular flexibility index (Phi) is 4.04. The minimum absolute atomic E-state index is 0.109. The largest absolute Gasteiger partial charge is 0.495 e. The molecular formula is C14H15FN2O3S. The van der Waals surface area contributed by atoms with Gasteiger partial charge in [0.05, 0.1) is 23.4 Å². The van der Waals surface area contributed by atoms with Gasteiger partial charge in [-0.1, -0.05) is 6.07 Å². The first-order valence-corrected chi connectivity index (χ1v) is 7.54. The van der Waals surface area contributed by atoms with Crippen LogP contribution in [0.25, 0.3) is 0 Å². The number of nitrogen functional groups attached to an aromatic ring is 1. The maximum absolute atomic E-state index is 13.4. The molecule has 0 aromatic heterocycles. The Balaban J connectivity index is 2.39. The molecule has 0 aliphatic carbocycles. The van der Waals surface area contributed by atoms with Gasteiger partial charge in [-0.2, -0.15) is 0 Å². The second kappa shape index (κ2) is 5.61. The maximum Gasteiger partial charge on any atom is 0.262 e. The lowest BCUT2D eigenvalue weighted by molar-refractivity contribution is 0.416. The van der Waals surface area contributed by atoms with Crippen molar-refractivity contribution in [1.29, 1.82) is 0 Å². The van der Waals surface area contributed by atoms with Crippen molar-refractivity contribution < 1.29 is 17.5 Å². The fourth-order valence-electron chi connectivity index (χ4n) is 1.76. The molecule has 2 rings (SSSR count). The number of benzene rings is 2. The molecule has 7 heteroatoms. The Bertz CT molecular complexity index is 776. The van der Waals surface area contributed by atoms with E-state index in [0.717, 1.165) is 11.6 Å². The molecule has 0 aliphatic rings. The summed E-state index contributed by atoms with van der Waals surface area (Å²) in [5, 5.41) is 0. The van der Waals surface area contributed by atoms with Crippen LogP contribution in [0.1, 0.15) is 5.56 Å². The van der Waals surface area contributed by atoms with E-state index in [-0.39, 0.29) is 16.3 Å². The minimum atomic E-state index is -3.92. The van der Waals surface area contributed by atoms with E-state index in [1.165, 1.54) is 19.2 Å². The SMILES string of the molecule is COc1cc(C)ccc1NS(=O)(=O)c1ccc(N)c(F)c1. The number of sulfonamides is 1. The molecule has 0 saturated heterocycles. The summed E-state index contributed by atoms with van der Waals surface area (Å²) < 4.78 is 45.4. The molecule has 2 aromatic carbocycles. The highest BCUT2D eigenvalue weighted by atomic mass is 32.2. The van der Waals surface area contributed by atoms with Crippen LogP contribution in [0, 0.1) is 12.7 Å². The van der Waals surface area contributed by atoms with Crippen molar-refractivity contribution in [3.8, 4) is 5.75 Å². The Morgan fingerprint density at radius 2 is 1.90 bits per heavy atom. The summed E-state index contributed by atoms with van der Waals surface area (Å²) in [6.45, 7) is 1.86. The molecule has 2 aromatic rings. The molecule has 0 unspecified atom stereocenters. The topological polar surface area (TPSA) is 81.4 Å². The van der Waals surface area contributed by atoms with Gasteiger partial charge in [0.1, 0.15) is 11.6 Å². The second-order valence-electron chi connectivity index (χ2n) is 4.49. The van der Waals surface area contributed by atoms with Gasteiger partial charge in [0.2, 0.25) is 0 Å². The molecule has 21 heavy (non-hydrogen) atoms. The van der Waals surface area contributed by atoms with E-state index in [0.29, 0.717) is 5.75 Å². The van der Waals surface area contributed by atoms with Gasteiger partial charge in [0.25, 0.3) is 10.0 Å². The number of nitrogens with one attached hydrogen (secondary N) is 1. The van der Waals surface area contributed by atoms with Crippen LogP contribution in [0.4, 0.5) is 15.8 Å². The highest BCUT2D eigenvalue weighted by molar-refractivity contribution is 7.92. The number of methoxy groups -OCH3 is 1. The van der Waals surface area contributed by atoms with E-state index in [2.05, 4.69) is 4.72 Å². The minimum Gasteiger partial charge on any atom is -0.495 e. The van der Waals surface area contributed by atoms with E-state index < -0.39 is 15.8 Å². The standard InChI is InChI=1S/C14H15FN2O3S/c1-9-3-6-13(14(7-9)20-2)17-21(18,19)10-4-5-12(16)11(15)8-10/h3-8,17H,16H2,1-2H3. The van der Waals surface area contributed by atoms with Crippen LogP contribution in [0.5, 0.6) is 5.75 Å². The lowest BCUT2D eigenvalue weighted by Gasteiger charge is -2.12. The highest BCUT2D eigenvalue weighted by Crippen LogP contribution is 2.28. The lowest BCUT2D eigenvalue weighted by atomic mass is 10.2. The third-order valence-electron chi connectivity index (χ3n) is 2.88. The van der Waals surface area contributed by atoms with Crippen molar-refractivity contribution in [3.63, 3.8) is 0 Å². The number of hydrogen-bond acceptors (Lipinski definition) is 4. The molecule has 0 heterocycles. The first-order valence-electron chi connectivity index (χ1n) is 6.06. The number of rotatable bonds is 4. The van der Waals surface area contributed by atoms with Gasteiger partial charge in [0.15, 0.2) is 0 Å². The summed E-state index contributed by atoms with van der Waals surface area (Å²) in [5.74, 6) is -0.400. The quantitative estimate of drug-likeness (QED) is 0.850. The molecule has 112 valence electrons. The fraction of sp³-hybridized carbons (Fsp3) is 0.143.